The highest BCUT2D eigenvalue weighted by Crippen LogP contribution is 2.26. The molecule has 0 aliphatic carbocycles. The SMILES string of the molecule is CCOC(=O)c1nn(-c2ccc(Cl)cc2)c2c1CN(C(=S)NC)CC2. The van der Waals surface area contributed by atoms with Gasteiger partial charge in [0.1, 0.15) is 0 Å². The molecule has 2 aromatic rings. The van der Waals surface area contributed by atoms with Gasteiger partial charge < -0.3 is 15.0 Å². The number of hydrogen-bond donors (Lipinski definition) is 1. The monoisotopic (exact) mass is 378 g/mol. The van der Waals surface area contributed by atoms with Crippen molar-refractivity contribution < 1.29 is 9.53 Å². The summed E-state index contributed by atoms with van der Waals surface area (Å²) in [5.41, 5.74) is 3.06. The largest absolute Gasteiger partial charge is 0.461 e. The summed E-state index contributed by atoms with van der Waals surface area (Å²) in [5.74, 6) is -0.413. The number of nitrogens with one attached hydrogen (secondary N) is 1. The third-order valence-electron chi connectivity index (χ3n) is 4.10. The second-order valence-corrected chi connectivity index (χ2v) is 6.43. The smallest absolute Gasteiger partial charge is 0.359 e. The molecule has 2 heterocycles. The number of carbonyl (C=O) groups excluding carboxylic acids is 1. The van der Waals surface area contributed by atoms with Gasteiger partial charge in [-0.15, -0.1) is 0 Å². The summed E-state index contributed by atoms with van der Waals surface area (Å²) in [4.78, 5) is 14.4. The van der Waals surface area contributed by atoms with Crippen LogP contribution in [-0.2, 0) is 17.7 Å². The van der Waals surface area contributed by atoms with Crippen LogP contribution in [0.2, 0.25) is 5.02 Å². The van der Waals surface area contributed by atoms with Crippen molar-refractivity contribution in [2.45, 2.75) is 19.9 Å². The zero-order chi connectivity index (χ0) is 18.0. The number of esters is 1. The number of benzene rings is 1. The highest BCUT2D eigenvalue weighted by molar-refractivity contribution is 7.80. The Labute approximate surface area is 156 Å². The number of hydrogen-bond acceptors (Lipinski definition) is 4. The van der Waals surface area contributed by atoms with Crippen LogP contribution in [0.4, 0.5) is 0 Å². The van der Waals surface area contributed by atoms with Crippen LogP contribution in [0.15, 0.2) is 24.3 Å². The highest BCUT2D eigenvalue weighted by Gasteiger charge is 2.30. The number of carbonyl (C=O) groups is 1. The molecule has 0 saturated heterocycles. The molecule has 0 spiro atoms. The van der Waals surface area contributed by atoms with E-state index in [0.29, 0.717) is 29.0 Å². The quantitative estimate of drug-likeness (QED) is 0.654. The molecule has 0 saturated carbocycles. The normalized spacial score (nSPS) is 13.3. The number of aromatic nitrogens is 2. The summed E-state index contributed by atoms with van der Waals surface area (Å²) in [5, 5.41) is 8.83. The molecule has 0 atom stereocenters. The topological polar surface area (TPSA) is 59.4 Å². The summed E-state index contributed by atoms with van der Waals surface area (Å²) in [6, 6.07) is 7.38. The van der Waals surface area contributed by atoms with Crippen molar-refractivity contribution in [3.05, 3.63) is 46.2 Å². The van der Waals surface area contributed by atoms with E-state index in [1.54, 1.807) is 30.8 Å². The lowest BCUT2D eigenvalue weighted by molar-refractivity contribution is 0.0517. The Balaban J connectivity index is 2.05. The van der Waals surface area contributed by atoms with Crippen molar-refractivity contribution in [2.75, 3.05) is 20.2 Å². The fourth-order valence-electron chi connectivity index (χ4n) is 2.91. The van der Waals surface area contributed by atoms with Crippen LogP contribution in [-0.4, -0.2) is 46.0 Å². The van der Waals surface area contributed by atoms with Gasteiger partial charge in [0.15, 0.2) is 10.8 Å². The Morgan fingerprint density at radius 1 is 1.40 bits per heavy atom. The van der Waals surface area contributed by atoms with Gasteiger partial charge in [0, 0.05) is 37.1 Å². The molecule has 0 radical (unpaired) electrons. The molecule has 1 aliphatic heterocycles. The van der Waals surface area contributed by atoms with Gasteiger partial charge in [0.05, 0.1) is 18.0 Å². The van der Waals surface area contributed by atoms with E-state index in [1.807, 2.05) is 17.0 Å². The Morgan fingerprint density at radius 3 is 2.76 bits per heavy atom. The van der Waals surface area contributed by atoms with Gasteiger partial charge >= 0.3 is 5.97 Å². The van der Waals surface area contributed by atoms with E-state index in [9.17, 15) is 4.79 Å². The van der Waals surface area contributed by atoms with E-state index in [4.69, 9.17) is 28.6 Å². The summed E-state index contributed by atoms with van der Waals surface area (Å²) in [6.07, 6.45) is 0.728. The molecule has 132 valence electrons. The first-order valence-corrected chi connectivity index (χ1v) is 8.84. The molecule has 1 N–H and O–H groups in total. The highest BCUT2D eigenvalue weighted by atomic mass is 35.5. The number of ether oxygens (including phenoxy) is 1. The van der Waals surface area contributed by atoms with Gasteiger partial charge in [-0.05, 0) is 43.4 Å². The predicted octanol–water partition coefficient (Wildman–Crippen LogP) is 2.56. The maximum Gasteiger partial charge on any atom is 0.359 e. The van der Waals surface area contributed by atoms with Crippen LogP contribution in [0.25, 0.3) is 5.69 Å². The van der Waals surface area contributed by atoms with Crippen molar-refractivity contribution in [2.24, 2.45) is 0 Å². The summed E-state index contributed by atoms with van der Waals surface area (Å²) >= 11 is 11.3. The van der Waals surface area contributed by atoms with Crippen molar-refractivity contribution in [3.8, 4) is 5.69 Å². The Kier molecular flexibility index (Phi) is 5.24. The molecular formula is C17H19ClN4O2S. The molecule has 8 heteroatoms. The zero-order valence-electron chi connectivity index (χ0n) is 14.1. The molecule has 0 amide bonds. The minimum atomic E-state index is -0.413. The molecule has 6 nitrogen and oxygen atoms in total. The van der Waals surface area contributed by atoms with E-state index in [2.05, 4.69) is 10.4 Å². The van der Waals surface area contributed by atoms with E-state index in [0.717, 1.165) is 29.9 Å². The fourth-order valence-corrected chi connectivity index (χ4v) is 3.19. The Bertz CT molecular complexity index is 804. The molecule has 0 unspecified atom stereocenters. The second-order valence-electron chi connectivity index (χ2n) is 5.61. The standard InChI is InChI=1S/C17H19ClN4O2S/c1-3-24-16(23)15-13-10-21(17(25)19-2)9-8-14(13)22(20-15)12-6-4-11(18)5-7-12/h4-7H,3,8-10H2,1-2H3,(H,19,25). The van der Waals surface area contributed by atoms with Crippen molar-refractivity contribution in [3.63, 3.8) is 0 Å². The summed E-state index contributed by atoms with van der Waals surface area (Å²) < 4.78 is 6.98. The van der Waals surface area contributed by atoms with Crippen LogP contribution in [0.1, 0.15) is 28.7 Å². The third-order valence-corrected chi connectivity index (χ3v) is 4.81. The lowest BCUT2D eigenvalue weighted by Crippen LogP contribution is -2.41. The van der Waals surface area contributed by atoms with E-state index in [1.165, 1.54) is 0 Å². The predicted molar refractivity (Wildman–Crippen MR) is 100 cm³/mol. The number of rotatable bonds is 3. The first-order valence-electron chi connectivity index (χ1n) is 8.05. The van der Waals surface area contributed by atoms with Crippen LogP contribution in [0.3, 0.4) is 0 Å². The van der Waals surface area contributed by atoms with Gasteiger partial charge in [-0.25, -0.2) is 9.48 Å². The fraction of sp³-hybridized carbons (Fsp3) is 0.353. The van der Waals surface area contributed by atoms with Crippen LogP contribution in [0, 0.1) is 0 Å². The molecule has 3 rings (SSSR count). The first-order chi connectivity index (χ1) is 12.0. The molecule has 1 aliphatic rings. The number of halogens is 1. The van der Waals surface area contributed by atoms with Gasteiger partial charge in [-0.1, -0.05) is 11.6 Å². The van der Waals surface area contributed by atoms with Crippen LogP contribution < -0.4 is 5.32 Å². The third kappa shape index (κ3) is 3.48. The maximum atomic E-state index is 12.4. The Hall–Kier alpha value is -2.12. The van der Waals surface area contributed by atoms with E-state index < -0.39 is 5.97 Å². The molecule has 1 aromatic carbocycles. The summed E-state index contributed by atoms with van der Waals surface area (Å²) in [7, 11) is 1.79. The summed E-state index contributed by atoms with van der Waals surface area (Å²) in [6.45, 7) is 3.37. The van der Waals surface area contributed by atoms with Crippen molar-refractivity contribution >= 4 is 34.9 Å². The molecular weight excluding hydrogens is 360 g/mol. The average molecular weight is 379 g/mol. The Morgan fingerprint density at radius 2 is 2.12 bits per heavy atom. The van der Waals surface area contributed by atoms with Crippen molar-refractivity contribution in [1.29, 1.82) is 0 Å². The van der Waals surface area contributed by atoms with Gasteiger partial charge in [0.2, 0.25) is 0 Å². The number of thiocarbonyl (C=S) groups is 1. The van der Waals surface area contributed by atoms with Gasteiger partial charge in [-0.2, -0.15) is 5.10 Å². The van der Waals surface area contributed by atoms with E-state index in [-0.39, 0.29) is 0 Å². The van der Waals surface area contributed by atoms with Crippen LogP contribution >= 0.6 is 23.8 Å². The minimum absolute atomic E-state index is 0.306. The molecule has 0 fully saturated rings. The van der Waals surface area contributed by atoms with Crippen LogP contribution in [0.5, 0.6) is 0 Å². The van der Waals surface area contributed by atoms with Gasteiger partial charge in [0.25, 0.3) is 0 Å². The second kappa shape index (κ2) is 7.41. The molecule has 0 bridgehead atoms. The van der Waals surface area contributed by atoms with Crippen molar-refractivity contribution in [1.82, 2.24) is 20.0 Å². The first kappa shape index (κ1) is 17.7. The molecule has 1 aromatic heterocycles. The maximum absolute atomic E-state index is 12.4. The number of fused-ring (bicyclic) bond motifs is 1. The van der Waals surface area contributed by atoms with E-state index >= 15 is 0 Å². The van der Waals surface area contributed by atoms with Gasteiger partial charge in [-0.3, -0.25) is 0 Å². The average Bonchev–Trinajstić information content (AvgIpc) is 3.01. The number of nitrogens with zero attached hydrogens (tertiary/aromatic N) is 3. The minimum Gasteiger partial charge on any atom is -0.461 e. The molecule has 25 heavy (non-hydrogen) atoms. The lowest BCUT2D eigenvalue weighted by Gasteiger charge is -2.29. The lowest BCUT2D eigenvalue weighted by atomic mass is 10.1. The zero-order valence-corrected chi connectivity index (χ0v) is 15.7.